The molecule has 0 aliphatic rings. The Labute approximate surface area is 108 Å². The summed E-state index contributed by atoms with van der Waals surface area (Å²) >= 11 is 1.84. The third-order valence-corrected chi connectivity index (χ3v) is 4.49. The summed E-state index contributed by atoms with van der Waals surface area (Å²) in [5.41, 5.74) is 1.43. The van der Waals surface area contributed by atoms with E-state index in [1.165, 1.54) is 15.6 Å². The molecule has 0 saturated heterocycles. The average Bonchev–Trinajstić information content (AvgIpc) is 2.72. The van der Waals surface area contributed by atoms with Gasteiger partial charge in [-0.1, -0.05) is 39.0 Å². The molecule has 2 aromatic rings. The van der Waals surface area contributed by atoms with E-state index in [9.17, 15) is 0 Å². The van der Waals surface area contributed by atoms with E-state index in [0.29, 0.717) is 0 Å². The van der Waals surface area contributed by atoms with Crippen LogP contribution in [0.5, 0.6) is 0 Å². The van der Waals surface area contributed by atoms with Gasteiger partial charge in [-0.25, -0.2) is 0 Å². The van der Waals surface area contributed by atoms with Crippen LogP contribution in [-0.4, -0.2) is 6.54 Å². The van der Waals surface area contributed by atoms with Gasteiger partial charge in [0.05, 0.1) is 0 Å². The Morgan fingerprint density at radius 3 is 2.71 bits per heavy atom. The van der Waals surface area contributed by atoms with Crippen molar-refractivity contribution in [2.45, 2.75) is 27.3 Å². The number of fused-ring (bicyclic) bond motifs is 1. The number of rotatable bonds is 5. The summed E-state index contributed by atoms with van der Waals surface area (Å²) in [5.74, 6) is 1.49. The van der Waals surface area contributed by atoms with Gasteiger partial charge in [-0.3, -0.25) is 0 Å². The highest BCUT2D eigenvalue weighted by Crippen LogP contribution is 2.25. The van der Waals surface area contributed by atoms with E-state index in [1.54, 1.807) is 0 Å². The van der Waals surface area contributed by atoms with Crippen molar-refractivity contribution in [1.29, 1.82) is 0 Å². The molecule has 1 atom stereocenters. The SMILES string of the molecule is CC(C)C(C)CNCc1csc2ccccc12. The van der Waals surface area contributed by atoms with Crippen LogP contribution < -0.4 is 5.32 Å². The summed E-state index contributed by atoms with van der Waals surface area (Å²) in [6, 6.07) is 8.64. The fourth-order valence-corrected chi connectivity index (χ4v) is 2.80. The Kier molecular flexibility index (Phi) is 4.19. The van der Waals surface area contributed by atoms with Crippen molar-refractivity contribution in [3.05, 3.63) is 35.2 Å². The molecular weight excluding hydrogens is 226 g/mol. The Bertz CT molecular complexity index is 472. The minimum absolute atomic E-state index is 0.736. The Morgan fingerprint density at radius 1 is 1.18 bits per heavy atom. The van der Waals surface area contributed by atoms with Gasteiger partial charge in [0.1, 0.15) is 0 Å². The lowest BCUT2D eigenvalue weighted by Crippen LogP contribution is -2.23. The lowest BCUT2D eigenvalue weighted by Gasteiger charge is -2.15. The van der Waals surface area contributed by atoms with E-state index >= 15 is 0 Å². The molecule has 0 amide bonds. The normalized spacial score (nSPS) is 13.4. The van der Waals surface area contributed by atoms with Gasteiger partial charge in [0, 0.05) is 11.2 Å². The van der Waals surface area contributed by atoms with Gasteiger partial charge >= 0.3 is 0 Å². The van der Waals surface area contributed by atoms with Crippen LogP contribution in [0.2, 0.25) is 0 Å². The molecule has 1 aromatic heterocycles. The first kappa shape index (κ1) is 12.6. The van der Waals surface area contributed by atoms with E-state index in [1.807, 2.05) is 11.3 Å². The first-order valence-corrected chi connectivity index (χ1v) is 7.22. The maximum absolute atomic E-state index is 3.57. The van der Waals surface area contributed by atoms with Crippen LogP contribution in [-0.2, 0) is 6.54 Å². The molecule has 0 saturated carbocycles. The molecule has 0 spiro atoms. The predicted octanol–water partition coefficient (Wildman–Crippen LogP) is 4.28. The summed E-state index contributed by atoms with van der Waals surface area (Å²) in [6.07, 6.45) is 0. The molecule has 0 radical (unpaired) electrons. The van der Waals surface area contributed by atoms with Crippen molar-refractivity contribution in [2.24, 2.45) is 11.8 Å². The summed E-state index contributed by atoms with van der Waals surface area (Å²) in [6.45, 7) is 8.96. The number of thiophene rings is 1. The van der Waals surface area contributed by atoms with Gasteiger partial charge in [-0.15, -0.1) is 11.3 Å². The van der Waals surface area contributed by atoms with Crippen LogP contribution in [0.4, 0.5) is 0 Å². The van der Waals surface area contributed by atoms with E-state index < -0.39 is 0 Å². The molecular formula is C15H21NS. The highest BCUT2D eigenvalue weighted by atomic mass is 32.1. The van der Waals surface area contributed by atoms with E-state index in [-0.39, 0.29) is 0 Å². The lowest BCUT2D eigenvalue weighted by atomic mass is 9.98. The van der Waals surface area contributed by atoms with Crippen LogP contribution in [0.3, 0.4) is 0 Å². The summed E-state index contributed by atoms with van der Waals surface area (Å²) in [5, 5.41) is 7.25. The van der Waals surface area contributed by atoms with Crippen molar-refractivity contribution in [3.8, 4) is 0 Å². The third-order valence-electron chi connectivity index (χ3n) is 3.48. The van der Waals surface area contributed by atoms with Crippen molar-refractivity contribution < 1.29 is 0 Å². The second kappa shape index (κ2) is 5.65. The quantitative estimate of drug-likeness (QED) is 0.831. The molecule has 0 bridgehead atoms. The Hall–Kier alpha value is -0.860. The molecule has 0 aliphatic carbocycles. The molecule has 1 nitrogen and oxygen atoms in total. The summed E-state index contributed by atoms with van der Waals surface area (Å²) in [4.78, 5) is 0. The van der Waals surface area contributed by atoms with Gasteiger partial charge in [0.2, 0.25) is 0 Å². The highest BCUT2D eigenvalue weighted by molar-refractivity contribution is 7.17. The lowest BCUT2D eigenvalue weighted by molar-refractivity contribution is 0.393. The molecule has 1 aromatic carbocycles. The Morgan fingerprint density at radius 2 is 1.94 bits per heavy atom. The van der Waals surface area contributed by atoms with Crippen molar-refractivity contribution >= 4 is 21.4 Å². The minimum atomic E-state index is 0.736. The zero-order valence-electron chi connectivity index (χ0n) is 10.9. The monoisotopic (exact) mass is 247 g/mol. The number of nitrogens with one attached hydrogen (secondary N) is 1. The molecule has 92 valence electrons. The summed E-state index contributed by atoms with van der Waals surface area (Å²) in [7, 11) is 0. The van der Waals surface area contributed by atoms with Crippen LogP contribution in [0, 0.1) is 11.8 Å². The van der Waals surface area contributed by atoms with Gasteiger partial charge in [-0.05, 0) is 40.8 Å². The first-order chi connectivity index (χ1) is 8.18. The van der Waals surface area contributed by atoms with Gasteiger partial charge in [0.25, 0.3) is 0 Å². The van der Waals surface area contributed by atoms with Crippen LogP contribution in [0.25, 0.3) is 10.1 Å². The first-order valence-electron chi connectivity index (χ1n) is 6.34. The van der Waals surface area contributed by atoms with Crippen molar-refractivity contribution in [2.75, 3.05) is 6.54 Å². The van der Waals surface area contributed by atoms with Crippen molar-refractivity contribution in [3.63, 3.8) is 0 Å². The maximum atomic E-state index is 3.57. The largest absolute Gasteiger partial charge is 0.312 e. The predicted molar refractivity (Wildman–Crippen MR) is 77.5 cm³/mol. The number of hydrogen-bond donors (Lipinski definition) is 1. The average molecular weight is 247 g/mol. The van der Waals surface area contributed by atoms with Crippen LogP contribution in [0.1, 0.15) is 26.3 Å². The van der Waals surface area contributed by atoms with Gasteiger partial charge in [0.15, 0.2) is 0 Å². The number of hydrogen-bond acceptors (Lipinski definition) is 2. The highest BCUT2D eigenvalue weighted by Gasteiger charge is 2.07. The van der Waals surface area contributed by atoms with E-state index in [0.717, 1.165) is 24.9 Å². The van der Waals surface area contributed by atoms with Gasteiger partial charge in [-0.2, -0.15) is 0 Å². The Balaban J connectivity index is 1.95. The fraction of sp³-hybridized carbons (Fsp3) is 0.467. The second-order valence-corrected chi connectivity index (χ2v) is 6.02. The fourth-order valence-electron chi connectivity index (χ4n) is 1.84. The molecule has 0 aliphatic heterocycles. The van der Waals surface area contributed by atoms with Gasteiger partial charge < -0.3 is 5.32 Å². The molecule has 2 heteroatoms. The standard InChI is InChI=1S/C15H21NS/c1-11(2)12(3)8-16-9-13-10-17-15-7-5-4-6-14(13)15/h4-7,10-12,16H,8-9H2,1-3H3. The smallest absolute Gasteiger partial charge is 0.0346 e. The molecule has 17 heavy (non-hydrogen) atoms. The van der Waals surface area contributed by atoms with E-state index in [4.69, 9.17) is 0 Å². The number of benzene rings is 1. The zero-order valence-corrected chi connectivity index (χ0v) is 11.7. The van der Waals surface area contributed by atoms with Crippen LogP contribution in [0.15, 0.2) is 29.6 Å². The minimum Gasteiger partial charge on any atom is -0.312 e. The molecule has 1 N–H and O–H groups in total. The molecule has 1 unspecified atom stereocenters. The molecule has 1 heterocycles. The molecule has 2 rings (SSSR count). The molecule has 0 fully saturated rings. The van der Waals surface area contributed by atoms with E-state index in [2.05, 4.69) is 55.7 Å². The third kappa shape index (κ3) is 3.08. The van der Waals surface area contributed by atoms with Crippen LogP contribution >= 0.6 is 11.3 Å². The maximum Gasteiger partial charge on any atom is 0.0346 e. The topological polar surface area (TPSA) is 12.0 Å². The zero-order chi connectivity index (χ0) is 12.3. The van der Waals surface area contributed by atoms with Crippen molar-refractivity contribution in [1.82, 2.24) is 5.32 Å². The summed E-state index contributed by atoms with van der Waals surface area (Å²) < 4.78 is 1.39. The second-order valence-electron chi connectivity index (χ2n) is 5.11.